The van der Waals surface area contributed by atoms with Crippen LogP contribution in [0.15, 0.2) is 41.2 Å². The number of hydrogen-bond acceptors (Lipinski definition) is 2. The third-order valence-corrected chi connectivity index (χ3v) is 4.64. The smallest absolute Gasteiger partial charge is 0.304 e. The second-order valence-electron chi connectivity index (χ2n) is 6.13. The molecule has 4 rings (SSSR count). The van der Waals surface area contributed by atoms with Crippen molar-refractivity contribution in [3.63, 3.8) is 0 Å². The van der Waals surface area contributed by atoms with Crippen LogP contribution >= 0.6 is 0 Å². The summed E-state index contributed by atoms with van der Waals surface area (Å²) >= 11 is 0. The summed E-state index contributed by atoms with van der Waals surface area (Å²) in [6, 6.07) is 11.7. The number of fused-ring (bicyclic) bond motifs is 2. The third-order valence-electron chi connectivity index (χ3n) is 4.64. The predicted octanol–water partition coefficient (Wildman–Crippen LogP) is 2.35. The van der Waals surface area contributed by atoms with Crippen molar-refractivity contribution in [1.29, 1.82) is 0 Å². The summed E-state index contributed by atoms with van der Waals surface area (Å²) in [5.74, 6) is 0.0176. The Balaban J connectivity index is 1.83. The Morgan fingerprint density at radius 2 is 1.65 bits per heavy atom. The van der Waals surface area contributed by atoms with E-state index in [2.05, 4.69) is 0 Å². The maximum Gasteiger partial charge on any atom is 0.328 e. The quantitative estimate of drug-likeness (QED) is 0.693. The number of amides is 1. The molecule has 5 nitrogen and oxygen atoms in total. The molecule has 0 bridgehead atoms. The molecular weight excluding hydrogens is 290 g/mol. The van der Waals surface area contributed by atoms with Crippen LogP contribution in [-0.2, 0) is 20.6 Å². The zero-order valence-electron chi connectivity index (χ0n) is 13.3. The molecule has 5 heteroatoms. The first-order valence-electron chi connectivity index (χ1n) is 7.54. The van der Waals surface area contributed by atoms with E-state index in [0.717, 1.165) is 33.4 Å². The van der Waals surface area contributed by atoms with Crippen LogP contribution in [0.2, 0.25) is 0 Å². The molecule has 0 saturated heterocycles. The first-order valence-corrected chi connectivity index (χ1v) is 7.54. The van der Waals surface area contributed by atoms with Crippen molar-refractivity contribution in [1.82, 2.24) is 9.13 Å². The number of benzene rings is 2. The van der Waals surface area contributed by atoms with Gasteiger partial charge in [-0.3, -0.25) is 13.9 Å². The molecule has 0 radical (unpaired) electrons. The molecule has 23 heavy (non-hydrogen) atoms. The van der Waals surface area contributed by atoms with Crippen molar-refractivity contribution in [3.05, 3.63) is 63.6 Å². The molecule has 3 aromatic rings. The van der Waals surface area contributed by atoms with Crippen LogP contribution < -0.4 is 10.6 Å². The lowest BCUT2D eigenvalue weighted by Gasteiger charge is -2.16. The molecule has 116 valence electrons. The second kappa shape index (κ2) is 4.59. The lowest BCUT2D eigenvalue weighted by atomic mass is 10.1. The maximum absolute atomic E-state index is 12.7. The average molecular weight is 307 g/mol. The topological polar surface area (TPSA) is 47.2 Å². The highest BCUT2D eigenvalue weighted by Crippen LogP contribution is 2.30. The number of carbonyl (C=O) groups excluding carboxylic acids is 1. The maximum atomic E-state index is 12.7. The second-order valence-corrected chi connectivity index (χ2v) is 6.13. The molecule has 0 fully saturated rings. The number of aryl methyl sites for hydroxylation is 3. The number of hydrogen-bond donors (Lipinski definition) is 0. The first kappa shape index (κ1) is 13.8. The van der Waals surface area contributed by atoms with Crippen LogP contribution in [0.3, 0.4) is 0 Å². The molecule has 0 saturated carbocycles. The van der Waals surface area contributed by atoms with Gasteiger partial charge < -0.3 is 4.90 Å². The molecule has 1 amide bonds. The van der Waals surface area contributed by atoms with Crippen LogP contribution in [0.1, 0.15) is 21.5 Å². The van der Waals surface area contributed by atoms with E-state index in [9.17, 15) is 9.59 Å². The van der Waals surface area contributed by atoms with Crippen molar-refractivity contribution < 1.29 is 4.79 Å². The van der Waals surface area contributed by atoms with E-state index < -0.39 is 0 Å². The average Bonchev–Trinajstić information content (AvgIpc) is 2.98. The summed E-state index contributed by atoms with van der Waals surface area (Å²) in [5.41, 5.74) is 5.34. The van der Waals surface area contributed by atoms with Crippen LogP contribution in [0.4, 0.5) is 5.69 Å². The Morgan fingerprint density at radius 1 is 0.913 bits per heavy atom. The van der Waals surface area contributed by atoms with Crippen molar-refractivity contribution in [2.45, 2.75) is 13.5 Å². The Labute approximate surface area is 133 Å². The monoisotopic (exact) mass is 307 g/mol. The minimum Gasteiger partial charge on any atom is -0.304 e. The number of anilines is 1. The van der Waals surface area contributed by atoms with E-state index in [1.807, 2.05) is 43.3 Å². The lowest BCUT2D eigenvalue weighted by molar-refractivity contribution is 0.0996. The summed E-state index contributed by atoms with van der Waals surface area (Å²) in [6.45, 7) is 2.56. The van der Waals surface area contributed by atoms with E-state index in [1.165, 1.54) is 0 Å². The van der Waals surface area contributed by atoms with Crippen LogP contribution in [0, 0.1) is 6.92 Å². The van der Waals surface area contributed by atoms with Crippen LogP contribution in [0.5, 0.6) is 0 Å². The normalized spacial score (nSPS) is 13.9. The fourth-order valence-electron chi connectivity index (χ4n) is 3.29. The van der Waals surface area contributed by atoms with Gasteiger partial charge in [-0.25, -0.2) is 4.79 Å². The lowest BCUT2D eigenvalue weighted by Crippen LogP contribution is -2.23. The molecule has 0 atom stereocenters. The Bertz CT molecular complexity index is 1030. The van der Waals surface area contributed by atoms with Gasteiger partial charge in [0.1, 0.15) is 0 Å². The summed E-state index contributed by atoms with van der Waals surface area (Å²) in [5, 5.41) is 0. The first-order chi connectivity index (χ1) is 11.0. The van der Waals surface area contributed by atoms with Gasteiger partial charge in [-0.1, -0.05) is 17.7 Å². The molecule has 0 aliphatic carbocycles. The highest BCUT2D eigenvalue weighted by atomic mass is 16.2. The van der Waals surface area contributed by atoms with Crippen molar-refractivity contribution >= 4 is 22.6 Å². The minimum absolute atomic E-state index is 0.0176. The molecule has 0 N–H and O–H groups in total. The van der Waals surface area contributed by atoms with Crippen molar-refractivity contribution in [3.8, 4) is 0 Å². The molecule has 2 heterocycles. The fourth-order valence-corrected chi connectivity index (χ4v) is 3.29. The Hall–Kier alpha value is -2.82. The van der Waals surface area contributed by atoms with Gasteiger partial charge in [0.25, 0.3) is 5.91 Å². The SMILES string of the molecule is Cc1ccc2c(c1)C(=O)N(c1ccc3c(c1)n(C)c(=O)n3C)C2. The molecule has 1 aromatic heterocycles. The highest BCUT2D eigenvalue weighted by Gasteiger charge is 2.28. The highest BCUT2D eigenvalue weighted by molar-refractivity contribution is 6.10. The van der Waals surface area contributed by atoms with Gasteiger partial charge in [-0.15, -0.1) is 0 Å². The zero-order valence-corrected chi connectivity index (χ0v) is 13.3. The molecule has 0 unspecified atom stereocenters. The fraction of sp³-hybridized carbons (Fsp3) is 0.222. The predicted molar refractivity (Wildman–Crippen MR) is 89.9 cm³/mol. The molecular formula is C18H17N3O2. The van der Waals surface area contributed by atoms with Crippen molar-refractivity contribution in [2.24, 2.45) is 14.1 Å². The Kier molecular flexibility index (Phi) is 2.75. The number of aromatic nitrogens is 2. The molecule has 1 aliphatic heterocycles. The standard InChI is InChI=1S/C18H17N3O2/c1-11-4-5-12-10-21(17(22)14(12)8-11)13-6-7-15-16(9-13)20(3)18(23)19(15)2/h4-9H,10H2,1-3H3. The molecule has 0 spiro atoms. The van der Waals surface area contributed by atoms with E-state index in [0.29, 0.717) is 6.54 Å². The molecule has 1 aliphatic rings. The summed E-state index contributed by atoms with van der Waals surface area (Å²) < 4.78 is 3.22. The largest absolute Gasteiger partial charge is 0.328 e. The van der Waals surface area contributed by atoms with E-state index in [1.54, 1.807) is 28.1 Å². The summed E-state index contributed by atoms with van der Waals surface area (Å²) in [7, 11) is 3.50. The van der Waals surface area contributed by atoms with Gasteiger partial charge in [0.05, 0.1) is 17.6 Å². The molecule has 2 aromatic carbocycles. The van der Waals surface area contributed by atoms with Gasteiger partial charge >= 0.3 is 5.69 Å². The number of imidazole rings is 1. The van der Waals surface area contributed by atoms with Crippen LogP contribution in [0.25, 0.3) is 11.0 Å². The van der Waals surface area contributed by atoms with Crippen molar-refractivity contribution in [2.75, 3.05) is 4.90 Å². The van der Waals surface area contributed by atoms with E-state index in [4.69, 9.17) is 0 Å². The van der Waals surface area contributed by atoms with Gasteiger partial charge in [-0.05, 0) is 36.8 Å². The van der Waals surface area contributed by atoms with Gasteiger partial charge in [0.2, 0.25) is 0 Å². The van der Waals surface area contributed by atoms with E-state index in [-0.39, 0.29) is 11.6 Å². The zero-order chi connectivity index (χ0) is 16.3. The minimum atomic E-state index is -0.0659. The summed E-state index contributed by atoms with van der Waals surface area (Å²) in [4.78, 5) is 26.5. The van der Waals surface area contributed by atoms with Gasteiger partial charge in [-0.2, -0.15) is 0 Å². The van der Waals surface area contributed by atoms with E-state index >= 15 is 0 Å². The third kappa shape index (κ3) is 1.86. The number of rotatable bonds is 1. The van der Waals surface area contributed by atoms with Gasteiger partial charge in [0.15, 0.2) is 0 Å². The van der Waals surface area contributed by atoms with Crippen LogP contribution in [-0.4, -0.2) is 15.0 Å². The number of nitrogens with zero attached hydrogens (tertiary/aromatic N) is 3. The van der Waals surface area contributed by atoms with Gasteiger partial charge in [0, 0.05) is 25.3 Å². The Morgan fingerprint density at radius 3 is 2.43 bits per heavy atom. The number of carbonyl (C=O) groups is 1. The summed E-state index contributed by atoms with van der Waals surface area (Å²) in [6.07, 6.45) is 0.